The van der Waals surface area contributed by atoms with Gasteiger partial charge in [0.2, 0.25) is 0 Å². The van der Waals surface area contributed by atoms with E-state index in [0.717, 1.165) is 28.5 Å². The summed E-state index contributed by atoms with van der Waals surface area (Å²) >= 11 is 3.50. The van der Waals surface area contributed by atoms with Crippen molar-refractivity contribution in [1.82, 2.24) is 4.98 Å². The molecule has 0 bridgehead atoms. The van der Waals surface area contributed by atoms with Gasteiger partial charge >= 0.3 is 0 Å². The van der Waals surface area contributed by atoms with E-state index in [4.69, 9.17) is 4.74 Å². The summed E-state index contributed by atoms with van der Waals surface area (Å²) in [4.78, 5) is 14.4. The first-order chi connectivity index (χ1) is 9.24. The van der Waals surface area contributed by atoms with E-state index >= 15 is 0 Å². The zero-order chi connectivity index (χ0) is 13.2. The van der Waals surface area contributed by atoms with Gasteiger partial charge in [-0.3, -0.25) is 4.79 Å². The van der Waals surface area contributed by atoms with E-state index < -0.39 is 0 Å². The van der Waals surface area contributed by atoms with Crippen molar-refractivity contribution in [2.45, 2.75) is 38.2 Å². The van der Waals surface area contributed by atoms with Gasteiger partial charge in [0.05, 0.1) is 10.6 Å². The van der Waals surface area contributed by atoms with E-state index in [0.29, 0.717) is 11.5 Å². The van der Waals surface area contributed by atoms with Crippen LogP contribution >= 0.6 is 15.9 Å². The Morgan fingerprint density at radius 3 is 2.79 bits per heavy atom. The number of pyridine rings is 1. The van der Waals surface area contributed by atoms with Crippen molar-refractivity contribution < 1.29 is 4.74 Å². The van der Waals surface area contributed by atoms with Gasteiger partial charge in [0, 0.05) is 11.6 Å². The number of aromatic amines is 1. The minimum absolute atomic E-state index is 0.0672. The summed E-state index contributed by atoms with van der Waals surface area (Å²) in [5.41, 5.74) is -0.0672. The van der Waals surface area contributed by atoms with Gasteiger partial charge in [-0.05, 0) is 65.2 Å². The summed E-state index contributed by atoms with van der Waals surface area (Å²) in [6.45, 7) is 0. The van der Waals surface area contributed by atoms with Crippen LogP contribution in [0.1, 0.15) is 32.1 Å². The fourth-order valence-corrected chi connectivity index (χ4v) is 3.08. The van der Waals surface area contributed by atoms with Crippen molar-refractivity contribution >= 4 is 26.7 Å². The Morgan fingerprint density at radius 2 is 2.00 bits per heavy atom. The van der Waals surface area contributed by atoms with Gasteiger partial charge in [0.15, 0.2) is 0 Å². The van der Waals surface area contributed by atoms with Gasteiger partial charge in [-0.25, -0.2) is 0 Å². The Bertz CT molecular complexity index is 644. The second-order valence-corrected chi connectivity index (χ2v) is 5.91. The zero-order valence-electron chi connectivity index (χ0n) is 10.6. The first-order valence-corrected chi connectivity index (χ1v) is 7.51. The molecule has 0 radical (unpaired) electrons. The van der Waals surface area contributed by atoms with Gasteiger partial charge in [-0.2, -0.15) is 0 Å². The summed E-state index contributed by atoms with van der Waals surface area (Å²) in [5.74, 6) is 0.838. The second-order valence-electron chi connectivity index (χ2n) is 5.05. The molecule has 0 aliphatic heterocycles. The molecule has 0 unspecified atom stereocenters. The van der Waals surface area contributed by atoms with Crippen molar-refractivity contribution in [2.24, 2.45) is 0 Å². The average molecular weight is 322 g/mol. The van der Waals surface area contributed by atoms with E-state index in [1.807, 2.05) is 18.2 Å². The van der Waals surface area contributed by atoms with E-state index in [1.54, 1.807) is 6.20 Å². The third-order valence-corrected chi connectivity index (χ3v) is 4.29. The Labute approximate surface area is 120 Å². The molecular weight excluding hydrogens is 306 g/mol. The van der Waals surface area contributed by atoms with E-state index in [-0.39, 0.29) is 5.56 Å². The smallest absolute Gasteiger partial charge is 0.255 e. The van der Waals surface area contributed by atoms with E-state index in [2.05, 4.69) is 20.9 Å². The largest absolute Gasteiger partial charge is 0.489 e. The van der Waals surface area contributed by atoms with Crippen LogP contribution in [0, 0.1) is 0 Å². The minimum Gasteiger partial charge on any atom is -0.489 e. The quantitative estimate of drug-likeness (QED) is 0.908. The number of halogens is 1. The molecule has 1 fully saturated rings. The van der Waals surface area contributed by atoms with Gasteiger partial charge < -0.3 is 9.72 Å². The zero-order valence-corrected chi connectivity index (χ0v) is 12.2. The first kappa shape index (κ1) is 12.7. The lowest BCUT2D eigenvalue weighted by molar-refractivity contribution is 0.154. The Kier molecular flexibility index (Phi) is 3.60. The molecule has 0 amide bonds. The monoisotopic (exact) mass is 321 g/mol. The topological polar surface area (TPSA) is 42.1 Å². The van der Waals surface area contributed by atoms with Crippen molar-refractivity contribution in [3.63, 3.8) is 0 Å². The molecular formula is C15H16BrNO2. The molecule has 0 saturated heterocycles. The van der Waals surface area contributed by atoms with Gasteiger partial charge in [0.25, 0.3) is 5.56 Å². The van der Waals surface area contributed by atoms with E-state index in [9.17, 15) is 4.79 Å². The number of fused-ring (bicyclic) bond motifs is 1. The third kappa shape index (κ3) is 2.68. The lowest BCUT2D eigenvalue weighted by Crippen LogP contribution is -2.19. The number of H-pyrrole nitrogens is 1. The summed E-state index contributed by atoms with van der Waals surface area (Å²) in [7, 11) is 0. The molecule has 1 aliphatic carbocycles. The number of benzene rings is 1. The Balaban J connectivity index is 1.95. The van der Waals surface area contributed by atoms with Gasteiger partial charge in [0.1, 0.15) is 5.75 Å². The second kappa shape index (κ2) is 5.37. The summed E-state index contributed by atoms with van der Waals surface area (Å²) in [6.07, 6.45) is 8.03. The van der Waals surface area contributed by atoms with Crippen LogP contribution in [0.15, 0.2) is 33.7 Å². The van der Waals surface area contributed by atoms with Crippen LogP contribution in [0.5, 0.6) is 5.75 Å². The molecule has 4 heteroatoms. The predicted octanol–water partition coefficient (Wildman–Crippen LogP) is 4.00. The third-order valence-electron chi connectivity index (χ3n) is 3.67. The summed E-state index contributed by atoms with van der Waals surface area (Å²) in [6, 6.07) is 5.69. The molecule has 3 nitrogen and oxygen atoms in total. The molecule has 1 saturated carbocycles. The van der Waals surface area contributed by atoms with Gasteiger partial charge in [-0.15, -0.1) is 0 Å². The highest BCUT2D eigenvalue weighted by Crippen LogP contribution is 2.32. The number of ether oxygens (including phenoxy) is 1. The normalized spacial score (nSPS) is 16.7. The highest BCUT2D eigenvalue weighted by Gasteiger charge is 2.16. The van der Waals surface area contributed by atoms with E-state index in [1.165, 1.54) is 19.3 Å². The maximum absolute atomic E-state index is 11.7. The maximum atomic E-state index is 11.7. The number of hydrogen-bond acceptors (Lipinski definition) is 2. The SMILES string of the molecule is O=c1[nH]ccc2cc(OC3CCCCC3)c(Br)cc12. The summed E-state index contributed by atoms with van der Waals surface area (Å²) in [5, 5.41) is 1.60. The predicted molar refractivity (Wildman–Crippen MR) is 79.8 cm³/mol. The van der Waals surface area contributed by atoms with Crippen molar-refractivity contribution in [2.75, 3.05) is 0 Å². The summed E-state index contributed by atoms with van der Waals surface area (Å²) < 4.78 is 6.92. The van der Waals surface area contributed by atoms with Crippen LogP contribution < -0.4 is 10.3 Å². The van der Waals surface area contributed by atoms with Crippen LogP contribution in [0.2, 0.25) is 0 Å². The van der Waals surface area contributed by atoms with Gasteiger partial charge in [-0.1, -0.05) is 6.42 Å². The molecule has 100 valence electrons. The van der Waals surface area contributed by atoms with Crippen molar-refractivity contribution in [3.05, 3.63) is 39.2 Å². The lowest BCUT2D eigenvalue weighted by Gasteiger charge is -2.23. The molecule has 3 rings (SSSR count). The molecule has 2 aromatic rings. The minimum atomic E-state index is -0.0672. The molecule has 0 atom stereocenters. The molecule has 19 heavy (non-hydrogen) atoms. The first-order valence-electron chi connectivity index (χ1n) is 6.71. The highest BCUT2D eigenvalue weighted by atomic mass is 79.9. The number of nitrogens with one attached hydrogen (secondary N) is 1. The molecule has 1 aromatic carbocycles. The van der Waals surface area contributed by atoms with Crippen LogP contribution in [0.25, 0.3) is 10.8 Å². The van der Waals surface area contributed by atoms with Crippen molar-refractivity contribution in [1.29, 1.82) is 0 Å². The number of hydrogen-bond donors (Lipinski definition) is 1. The standard InChI is InChI=1S/C15H16BrNO2/c16-13-9-12-10(6-7-17-15(12)18)8-14(13)19-11-4-2-1-3-5-11/h6-9,11H,1-5H2,(H,17,18). The van der Waals surface area contributed by atoms with Crippen LogP contribution in [0.3, 0.4) is 0 Å². The molecule has 1 heterocycles. The maximum Gasteiger partial charge on any atom is 0.255 e. The Morgan fingerprint density at radius 1 is 1.21 bits per heavy atom. The Hall–Kier alpha value is -1.29. The van der Waals surface area contributed by atoms with Crippen LogP contribution in [-0.4, -0.2) is 11.1 Å². The van der Waals surface area contributed by atoms with Crippen LogP contribution in [-0.2, 0) is 0 Å². The average Bonchev–Trinajstić information content (AvgIpc) is 2.42. The van der Waals surface area contributed by atoms with Crippen molar-refractivity contribution in [3.8, 4) is 5.75 Å². The number of aromatic nitrogens is 1. The lowest BCUT2D eigenvalue weighted by atomic mass is 9.98. The molecule has 1 N–H and O–H groups in total. The van der Waals surface area contributed by atoms with Crippen LogP contribution in [0.4, 0.5) is 0 Å². The number of rotatable bonds is 2. The fourth-order valence-electron chi connectivity index (χ4n) is 2.64. The molecule has 1 aliphatic rings. The molecule has 1 aromatic heterocycles. The fraction of sp³-hybridized carbons (Fsp3) is 0.400. The molecule has 0 spiro atoms. The highest BCUT2D eigenvalue weighted by molar-refractivity contribution is 9.10.